The molecular formula is C19H32N2O5. The average Bonchev–Trinajstić information content (AvgIpc) is 2.81. The molecule has 2 rings (SSSR count). The van der Waals surface area contributed by atoms with Gasteiger partial charge in [0.25, 0.3) is 0 Å². The number of hydrogen-bond donors (Lipinski definition) is 2. The van der Waals surface area contributed by atoms with Crippen LogP contribution in [-0.2, 0) is 14.3 Å². The summed E-state index contributed by atoms with van der Waals surface area (Å²) in [5.74, 6) is -1.19. The highest BCUT2D eigenvalue weighted by Gasteiger charge is 2.70. The van der Waals surface area contributed by atoms with E-state index in [1.165, 1.54) is 4.90 Å². The van der Waals surface area contributed by atoms with Crippen LogP contribution >= 0.6 is 0 Å². The van der Waals surface area contributed by atoms with Crippen molar-refractivity contribution in [2.75, 3.05) is 6.54 Å². The molecule has 0 bridgehead atoms. The zero-order valence-corrected chi connectivity index (χ0v) is 17.0. The summed E-state index contributed by atoms with van der Waals surface area (Å²) in [7, 11) is 0. The van der Waals surface area contributed by atoms with Crippen LogP contribution in [0.3, 0.4) is 0 Å². The highest BCUT2D eigenvalue weighted by Crippen LogP contribution is 2.65. The van der Waals surface area contributed by atoms with Crippen LogP contribution in [0.15, 0.2) is 0 Å². The Morgan fingerprint density at radius 1 is 1.15 bits per heavy atom. The van der Waals surface area contributed by atoms with Gasteiger partial charge < -0.3 is 20.1 Å². The normalized spacial score (nSPS) is 28.2. The lowest BCUT2D eigenvalue weighted by Gasteiger charge is -2.37. The fraction of sp³-hybridized carbons (Fsp3) is 0.842. The third-order valence-electron chi connectivity index (χ3n) is 5.52. The van der Waals surface area contributed by atoms with Crippen LogP contribution in [0.1, 0.15) is 55.4 Å². The van der Waals surface area contributed by atoms with Gasteiger partial charge in [-0.1, -0.05) is 34.6 Å². The lowest BCUT2D eigenvalue weighted by molar-refractivity contribution is -0.152. The summed E-state index contributed by atoms with van der Waals surface area (Å²) in [6.45, 7) is 15.2. The molecule has 0 spiro atoms. The molecular weight excluding hydrogens is 336 g/mol. The lowest BCUT2D eigenvalue weighted by atomic mass is 9.85. The van der Waals surface area contributed by atoms with Gasteiger partial charge in [0, 0.05) is 12.5 Å². The maximum Gasteiger partial charge on any atom is 0.408 e. The Labute approximate surface area is 155 Å². The number of amides is 2. The molecule has 2 amide bonds. The van der Waals surface area contributed by atoms with Crippen molar-refractivity contribution in [3.05, 3.63) is 0 Å². The molecule has 7 nitrogen and oxygen atoms in total. The molecule has 7 heteroatoms. The number of carbonyl (C=O) groups is 3. The fourth-order valence-corrected chi connectivity index (χ4v) is 4.04. The van der Waals surface area contributed by atoms with Crippen LogP contribution in [0, 0.1) is 22.7 Å². The van der Waals surface area contributed by atoms with Crippen molar-refractivity contribution in [2.45, 2.75) is 73.1 Å². The van der Waals surface area contributed by atoms with E-state index >= 15 is 0 Å². The average molecular weight is 368 g/mol. The first-order chi connectivity index (χ1) is 11.6. The minimum atomic E-state index is -0.985. The number of rotatable bonds is 3. The van der Waals surface area contributed by atoms with Gasteiger partial charge in [0.05, 0.1) is 0 Å². The van der Waals surface area contributed by atoms with Gasteiger partial charge in [0.15, 0.2) is 0 Å². The van der Waals surface area contributed by atoms with Crippen molar-refractivity contribution in [3.8, 4) is 0 Å². The van der Waals surface area contributed by atoms with Crippen LogP contribution in [0.25, 0.3) is 0 Å². The number of aliphatic carboxylic acids is 1. The summed E-state index contributed by atoms with van der Waals surface area (Å²) < 4.78 is 5.28. The zero-order chi connectivity index (χ0) is 20.2. The van der Waals surface area contributed by atoms with Gasteiger partial charge in [-0.3, -0.25) is 4.79 Å². The Balaban J connectivity index is 2.20. The second kappa shape index (κ2) is 6.13. The van der Waals surface area contributed by atoms with Gasteiger partial charge in [0.2, 0.25) is 5.91 Å². The topological polar surface area (TPSA) is 95.9 Å². The van der Waals surface area contributed by atoms with Gasteiger partial charge in [-0.25, -0.2) is 9.59 Å². The third kappa shape index (κ3) is 3.81. The number of carboxylic acids is 1. The predicted molar refractivity (Wildman–Crippen MR) is 96.5 cm³/mol. The number of nitrogens with one attached hydrogen (secondary N) is 1. The number of fused-ring (bicyclic) bond motifs is 1. The van der Waals surface area contributed by atoms with Crippen LogP contribution in [0.2, 0.25) is 0 Å². The molecule has 4 atom stereocenters. The standard InChI is InChI=1S/C19H32N2O5/c1-17(2,3)13(20-16(25)26-18(4,5)6)14(22)21-9-10-11(19(10,7)8)12(21)15(23)24/h10-13H,9H2,1-8H3,(H,20,25)(H,23,24)/t10?,11?,12-,13+/m0/s1. The van der Waals surface area contributed by atoms with E-state index in [9.17, 15) is 19.5 Å². The summed E-state index contributed by atoms with van der Waals surface area (Å²) in [6, 6.07) is -1.70. The number of carboxylic acid groups (broad SMARTS) is 1. The second-order valence-corrected chi connectivity index (χ2v) is 10.2. The highest BCUT2D eigenvalue weighted by molar-refractivity contribution is 5.91. The molecule has 1 aliphatic heterocycles. The van der Waals surface area contributed by atoms with Crippen molar-refractivity contribution in [1.29, 1.82) is 0 Å². The van der Waals surface area contributed by atoms with E-state index in [4.69, 9.17) is 4.74 Å². The number of alkyl carbamates (subject to hydrolysis) is 1. The number of carbonyl (C=O) groups excluding carboxylic acids is 2. The van der Waals surface area contributed by atoms with Crippen molar-refractivity contribution in [2.24, 2.45) is 22.7 Å². The van der Waals surface area contributed by atoms with Gasteiger partial charge in [-0.15, -0.1) is 0 Å². The van der Waals surface area contributed by atoms with Crippen molar-refractivity contribution >= 4 is 18.0 Å². The first-order valence-corrected chi connectivity index (χ1v) is 9.10. The molecule has 148 valence electrons. The summed E-state index contributed by atoms with van der Waals surface area (Å²) in [4.78, 5) is 38.6. The minimum Gasteiger partial charge on any atom is -0.480 e. The maximum absolute atomic E-state index is 13.2. The molecule has 1 saturated heterocycles. The largest absolute Gasteiger partial charge is 0.480 e. The van der Waals surface area contributed by atoms with Crippen LogP contribution in [0.5, 0.6) is 0 Å². The maximum atomic E-state index is 13.2. The first-order valence-electron chi connectivity index (χ1n) is 9.10. The molecule has 1 aliphatic carbocycles. The Morgan fingerprint density at radius 2 is 1.69 bits per heavy atom. The number of nitrogens with zero attached hydrogens (tertiary/aromatic N) is 1. The third-order valence-corrected chi connectivity index (χ3v) is 5.52. The molecule has 0 aromatic heterocycles. The number of ether oxygens (including phenoxy) is 1. The van der Waals surface area contributed by atoms with Crippen LogP contribution in [0.4, 0.5) is 4.79 Å². The number of piperidine rings is 1. The summed E-state index contributed by atoms with van der Waals surface area (Å²) >= 11 is 0. The SMILES string of the molecule is CC(C)(C)OC(=O)N[C@H](C(=O)N1CC2C([C@H]1C(=O)O)C2(C)C)C(C)(C)C. The summed E-state index contributed by atoms with van der Waals surface area (Å²) in [6.07, 6.45) is -0.678. The Hall–Kier alpha value is -1.79. The molecule has 2 aliphatic rings. The van der Waals surface area contributed by atoms with E-state index in [0.717, 1.165) is 0 Å². The van der Waals surface area contributed by atoms with Gasteiger partial charge >= 0.3 is 12.1 Å². The molecule has 26 heavy (non-hydrogen) atoms. The molecule has 0 aromatic rings. The monoisotopic (exact) mass is 368 g/mol. The highest BCUT2D eigenvalue weighted by atomic mass is 16.6. The van der Waals surface area contributed by atoms with E-state index in [0.29, 0.717) is 6.54 Å². The number of hydrogen-bond acceptors (Lipinski definition) is 4. The molecule has 2 unspecified atom stereocenters. The smallest absolute Gasteiger partial charge is 0.408 e. The van der Waals surface area contributed by atoms with Crippen LogP contribution in [-0.4, -0.2) is 52.2 Å². The van der Waals surface area contributed by atoms with E-state index in [1.54, 1.807) is 20.8 Å². The molecule has 0 radical (unpaired) electrons. The van der Waals surface area contributed by atoms with E-state index in [-0.39, 0.29) is 23.2 Å². The van der Waals surface area contributed by atoms with Gasteiger partial charge in [0.1, 0.15) is 17.7 Å². The van der Waals surface area contributed by atoms with Gasteiger partial charge in [-0.05, 0) is 37.5 Å². The molecule has 2 fully saturated rings. The lowest BCUT2D eigenvalue weighted by Crippen LogP contribution is -2.58. The van der Waals surface area contributed by atoms with Crippen molar-refractivity contribution < 1.29 is 24.2 Å². The number of likely N-dealkylation sites (tertiary alicyclic amines) is 1. The Bertz CT molecular complexity index is 614. The Kier molecular flexibility index (Phi) is 4.84. The van der Waals surface area contributed by atoms with Crippen LogP contribution < -0.4 is 5.32 Å². The van der Waals surface area contributed by atoms with E-state index in [2.05, 4.69) is 5.32 Å². The second-order valence-electron chi connectivity index (χ2n) is 10.2. The summed E-state index contributed by atoms with van der Waals surface area (Å²) in [5.41, 5.74) is -1.33. The van der Waals surface area contributed by atoms with Crippen molar-refractivity contribution in [1.82, 2.24) is 10.2 Å². The van der Waals surface area contributed by atoms with E-state index < -0.39 is 35.2 Å². The van der Waals surface area contributed by atoms with E-state index in [1.807, 2.05) is 34.6 Å². The first kappa shape index (κ1) is 20.5. The van der Waals surface area contributed by atoms with Gasteiger partial charge in [-0.2, -0.15) is 0 Å². The predicted octanol–water partition coefficient (Wildman–Crippen LogP) is 2.49. The summed E-state index contributed by atoms with van der Waals surface area (Å²) in [5, 5.41) is 12.3. The molecule has 2 N–H and O–H groups in total. The fourth-order valence-electron chi connectivity index (χ4n) is 4.04. The Morgan fingerprint density at radius 3 is 2.12 bits per heavy atom. The quantitative estimate of drug-likeness (QED) is 0.798. The molecule has 0 aromatic carbocycles. The molecule has 1 heterocycles. The van der Waals surface area contributed by atoms with Crippen molar-refractivity contribution in [3.63, 3.8) is 0 Å². The molecule has 1 saturated carbocycles. The zero-order valence-electron chi connectivity index (χ0n) is 17.0. The minimum absolute atomic E-state index is 0.0360.